The lowest BCUT2D eigenvalue weighted by molar-refractivity contribution is -0.134. The number of hydrogen-bond donors (Lipinski definition) is 1. The van der Waals surface area contributed by atoms with E-state index in [0.29, 0.717) is 24.7 Å². The molecule has 7 heteroatoms. The zero-order valence-electron chi connectivity index (χ0n) is 23.8. The molecule has 0 spiro atoms. The SMILES string of the molecule is COc1ccc(CN2C(=O)c3c(-n4cccc4)c4cc(C)ccc4n3C[C@@]2(C)C(=O)NC2CCC(C)CC2)cc1. The summed E-state index contributed by atoms with van der Waals surface area (Å²) < 4.78 is 9.43. The molecular formula is C33H38N4O3. The summed E-state index contributed by atoms with van der Waals surface area (Å²) in [6.45, 7) is 6.96. The van der Waals surface area contributed by atoms with E-state index in [-0.39, 0.29) is 17.9 Å². The lowest BCUT2D eigenvalue weighted by atomic mass is 9.86. The lowest BCUT2D eigenvalue weighted by Gasteiger charge is -2.45. The number of aryl methyl sites for hydroxylation is 1. The fourth-order valence-electron chi connectivity index (χ4n) is 6.42. The zero-order chi connectivity index (χ0) is 28.0. The highest BCUT2D eigenvalue weighted by Crippen LogP contribution is 2.39. The summed E-state index contributed by atoms with van der Waals surface area (Å²) in [6.07, 6.45) is 8.13. The van der Waals surface area contributed by atoms with Gasteiger partial charge in [-0.15, -0.1) is 0 Å². The molecule has 40 heavy (non-hydrogen) atoms. The molecule has 1 atom stereocenters. The monoisotopic (exact) mass is 538 g/mol. The molecule has 0 unspecified atom stereocenters. The molecule has 1 saturated carbocycles. The van der Waals surface area contributed by atoms with Crippen LogP contribution >= 0.6 is 0 Å². The number of aromatic nitrogens is 2. The highest BCUT2D eigenvalue weighted by atomic mass is 16.5. The smallest absolute Gasteiger partial charge is 0.273 e. The summed E-state index contributed by atoms with van der Waals surface area (Å²) in [6, 6.07) is 18.1. The van der Waals surface area contributed by atoms with Crippen LogP contribution in [0.5, 0.6) is 5.75 Å². The van der Waals surface area contributed by atoms with Gasteiger partial charge in [-0.2, -0.15) is 0 Å². The Balaban J connectivity index is 1.47. The summed E-state index contributed by atoms with van der Waals surface area (Å²) >= 11 is 0. The third-order valence-corrected chi connectivity index (χ3v) is 8.90. The minimum atomic E-state index is -1.07. The van der Waals surface area contributed by atoms with E-state index in [2.05, 4.69) is 41.9 Å². The molecule has 0 bridgehead atoms. The number of rotatable bonds is 6. The predicted octanol–water partition coefficient (Wildman–Crippen LogP) is 5.86. The van der Waals surface area contributed by atoms with Crippen LogP contribution in [0.4, 0.5) is 0 Å². The minimum absolute atomic E-state index is 0.0870. The fraction of sp³-hybridized carbons (Fsp3) is 0.394. The highest BCUT2D eigenvalue weighted by Gasteiger charge is 2.49. The van der Waals surface area contributed by atoms with Crippen LogP contribution in [-0.4, -0.2) is 44.5 Å². The molecule has 1 N–H and O–H groups in total. The second-order valence-corrected chi connectivity index (χ2v) is 11.8. The Morgan fingerprint density at radius 2 is 1.75 bits per heavy atom. The van der Waals surface area contributed by atoms with Gasteiger partial charge in [0, 0.05) is 30.4 Å². The van der Waals surface area contributed by atoms with Crippen molar-refractivity contribution in [3.8, 4) is 11.4 Å². The Hall–Kier alpha value is -4.00. The number of hydrogen-bond acceptors (Lipinski definition) is 3. The molecule has 2 amide bonds. The first kappa shape index (κ1) is 26.2. The van der Waals surface area contributed by atoms with E-state index in [9.17, 15) is 9.59 Å². The topological polar surface area (TPSA) is 68.5 Å². The molecule has 7 nitrogen and oxygen atoms in total. The molecule has 3 heterocycles. The summed E-state index contributed by atoms with van der Waals surface area (Å²) in [5, 5.41) is 4.36. The van der Waals surface area contributed by atoms with E-state index >= 15 is 0 Å². The number of nitrogens with one attached hydrogen (secondary N) is 1. The summed E-state index contributed by atoms with van der Waals surface area (Å²) in [4.78, 5) is 30.6. The Bertz CT molecular complexity index is 1540. The van der Waals surface area contributed by atoms with Gasteiger partial charge in [0.2, 0.25) is 5.91 Å². The van der Waals surface area contributed by atoms with Crippen molar-refractivity contribution >= 4 is 22.7 Å². The Kier molecular flexibility index (Phi) is 6.69. The van der Waals surface area contributed by atoms with E-state index < -0.39 is 5.54 Å². The second kappa shape index (κ2) is 10.2. The van der Waals surface area contributed by atoms with Gasteiger partial charge in [-0.3, -0.25) is 9.59 Å². The van der Waals surface area contributed by atoms with Gasteiger partial charge in [-0.25, -0.2) is 0 Å². The van der Waals surface area contributed by atoms with Gasteiger partial charge in [0.1, 0.15) is 17.0 Å². The Morgan fingerprint density at radius 3 is 2.42 bits per heavy atom. The van der Waals surface area contributed by atoms with Gasteiger partial charge in [-0.1, -0.05) is 30.7 Å². The number of methoxy groups -OCH3 is 1. The van der Waals surface area contributed by atoms with Gasteiger partial charge >= 0.3 is 0 Å². The predicted molar refractivity (Wildman–Crippen MR) is 157 cm³/mol. The quantitative estimate of drug-likeness (QED) is 0.334. The van der Waals surface area contributed by atoms with Crippen molar-refractivity contribution in [2.45, 2.75) is 71.1 Å². The molecule has 1 aliphatic heterocycles. The van der Waals surface area contributed by atoms with Crippen LogP contribution < -0.4 is 10.1 Å². The molecule has 4 aromatic rings. The van der Waals surface area contributed by atoms with Gasteiger partial charge in [-0.05, 0) is 87.4 Å². The minimum Gasteiger partial charge on any atom is -0.497 e. The lowest BCUT2D eigenvalue weighted by Crippen LogP contribution is -2.64. The van der Waals surface area contributed by atoms with Crippen molar-refractivity contribution in [3.05, 3.63) is 83.8 Å². The zero-order valence-corrected chi connectivity index (χ0v) is 23.8. The number of fused-ring (bicyclic) bond motifs is 3. The van der Waals surface area contributed by atoms with Crippen molar-refractivity contribution in [2.75, 3.05) is 7.11 Å². The van der Waals surface area contributed by atoms with Crippen molar-refractivity contribution < 1.29 is 14.3 Å². The van der Waals surface area contributed by atoms with Crippen LogP contribution in [0.2, 0.25) is 0 Å². The average Bonchev–Trinajstić information content (AvgIpc) is 3.58. The highest BCUT2D eigenvalue weighted by molar-refractivity contribution is 6.09. The number of ether oxygens (including phenoxy) is 1. The average molecular weight is 539 g/mol. The van der Waals surface area contributed by atoms with Crippen molar-refractivity contribution in [1.29, 1.82) is 0 Å². The molecule has 0 radical (unpaired) electrons. The second-order valence-electron chi connectivity index (χ2n) is 11.8. The standard InChI is InChI=1S/C33H38N4O3/c1-22-7-12-25(13-8-22)34-32(39)33(3)21-36-28-16-9-23(2)19-27(28)29(35-17-5-6-18-35)30(36)31(38)37(33)20-24-10-14-26(40-4)15-11-24/h5-6,9-11,14-19,22,25H,7-8,12-13,20-21H2,1-4H3,(H,34,39)/t22?,25?,33-/m0/s1. The van der Waals surface area contributed by atoms with Crippen LogP contribution in [-0.2, 0) is 17.9 Å². The van der Waals surface area contributed by atoms with Gasteiger partial charge in [0.15, 0.2) is 0 Å². The van der Waals surface area contributed by atoms with Gasteiger partial charge in [0.25, 0.3) is 5.91 Å². The van der Waals surface area contributed by atoms with Crippen LogP contribution in [0.3, 0.4) is 0 Å². The molecule has 0 saturated heterocycles. The molecule has 6 rings (SSSR count). The number of nitrogens with zero attached hydrogens (tertiary/aromatic N) is 3. The van der Waals surface area contributed by atoms with E-state index in [1.807, 2.05) is 60.3 Å². The molecule has 2 aromatic heterocycles. The maximum atomic E-state index is 14.7. The summed E-state index contributed by atoms with van der Waals surface area (Å²) in [7, 11) is 1.64. The van der Waals surface area contributed by atoms with Crippen LogP contribution in [0.25, 0.3) is 16.6 Å². The maximum absolute atomic E-state index is 14.7. The maximum Gasteiger partial charge on any atom is 0.273 e. The molecular weight excluding hydrogens is 500 g/mol. The van der Waals surface area contributed by atoms with E-state index in [0.717, 1.165) is 59.2 Å². The number of carbonyl (C=O) groups excluding carboxylic acids is 2. The third-order valence-electron chi connectivity index (χ3n) is 8.90. The van der Waals surface area contributed by atoms with Crippen LogP contribution in [0.1, 0.15) is 61.1 Å². The Morgan fingerprint density at radius 1 is 1.05 bits per heavy atom. The van der Waals surface area contributed by atoms with E-state index in [4.69, 9.17) is 4.74 Å². The molecule has 1 aliphatic carbocycles. The van der Waals surface area contributed by atoms with Crippen LogP contribution in [0.15, 0.2) is 67.0 Å². The number of amides is 2. The normalized spacial score (nSPS) is 22.8. The molecule has 1 fully saturated rings. The molecule has 2 aliphatic rings. The largest absolute Gasteiger partial charge is 0.497 e. The molecule has 2 aromatic carbocycles. The first-order valence-corrected chi connectivity index (χ1v) is 14.3. The fourth-order valence-corrected chi connectivity index (χ4v) is 6.42. The van der Waals surface area contributed by atoms with Crippen molar-refractivity contribution in [3.63, 3.8) is 0 Å². The van der Waals surface area contributed by atoms with Crippen LogP contribution in [0, 0.1) is 12.8 Å². The van der Waals surface area contributed by atoms with Crippen molar-refractivity contribution in [1.82, 2.24) is 19.4 Å². The van der Waals surface area contributed by atoms with E-state index in [1.54, 1.807) is 12.0 Å². The van der Waals surface area contributed by atoms with Gasteiger partial charge < -0.3 is 24.1 Å². The molecule has 208 valence electrons. The van der Waals surface area contributed by atoms with Gasteiger partial charge in [0.05, 0.1) is 24.9 Å². The number of carbonyl (C=O) groups is 2. The number of benzene rings is 2. The summed E-state index contributed by atoms with van der Waals surface area (Å²) in [5.74, 6) is 1.22. The summed E-state index contributed by atoms with van der Waals surface area (Å²) in [5.41, 5.74) is 3.44. The third kappa shape index (κ3) is 4.47. The van der Waals surface area contributed by atoms with E-state index in [1.165, 1.54) is 0 Å². The first-order valence-electron chi connectivity index (χ1n) is 14.3. The Labute approximate surface area is 235 Å². The van der Waals surface area contributed by atoms with Crippen molar-refractivity contribution in [2.24, 2.45) is 5.92 Å². The first-order chi connectivity index (χ1) is 19.3.